The third kappa shape index (κ3) is 63.1. The second-order valence-electron chi connectivity index (χ2n) is 0.346. The van der Waals surface area contributed by atoms with Gasteiger partial charge >= 0.3 is 45.1 Å². The third-order valence-electron chi connectivity index (χ3n) is 0. The van der Waals surface area contributed by atoms with Crippen molar-refractivity contribution >= 4 is 45.1 Å². The molecular formula is H7BCaO4Y. The fourth-order valence-corrected chi connectivity index (χ4v) is 0. The van der Waals surface area contributed by atoms with Crippen molar-refractivity contribution in [2.75, 3.05) is 0 Å². The molecule has 0 bridgehead atoms. The first-order chi connectivity index (χ1) is 1.73. The molecule has 0 fully saturated rings. The van der Waals surface area contributed by atoms with Crippen LogP contribution in [0, 0.1) is 0 Å². The van der Waals surface area contributed by atoms with E-state index in [1.807, 2.05) is 0 Å². The van der Waals surface area contributed by atoms with Crippen LogP contribution >= 0.6 is 0 Å². The van der Waals surface area contributed by atoms with Gasteiger partial charge < -0.3 is 20.5 Å². The van der Waals surface area contributed by atoms with Crippen molar-refractivity contribution in [3.63, 3.8) is 0 Å². The molecule has 39 valence electrons. The molecule has 0 atom stereocenters. The van der Waals surface area contributed by atoms with E-state index in [9.17, 15) is 0 Å². The minimum Gasteiger partial charge on any atom is 0 e. The van der Waals surface area contributed by atoms with Crippen LogP contribution in [0.25, 0.3) is 0 Å². The molecule has 5 N–H and O–H groups in total. The standard InChI is InChI=1S/BH3O3.Ca.H2O.Y.2H/c2-1(3)4;;;;;/h2-4H;;1H2;;;. The van der Waals surface area contributed by atoms with Crippen LogP contribution in [-0.4, -0.2) is 65.6 Å². The van der Waals surface area contributed by atoms with Crippen LogP contribution in [-0.2, 0) is 32.7 Å². The summed E-state index contributed by atoms with van der Waals surface area (Å²) in [5.74, 6) is 0. The maximum absolute atomic E-state index is 7.17. The zero-order valence-electron chi connectivity index (χ0n) is 3.00. The molecule has 0 aromatic rings. The van der Waals surface area contributed by atoms with E-state index in [2.05, 4.69) is 0 Å². The van der Waals surface area contributed by atoms with E-state index < -0.39 is 7.32 Å². The Morgan fingerprint density at radius 1 is 1.00 bits per heavy atom. The molecule has 0 aliphatic carbocycles. The van der Waals surface area contributed by atoms with Gasteiger partial charge in [-0.3, -0.25) is 0 Å². The SMILES string of the molecule is O.OB(O)O.[CaH2].[Y]. The molecule has 0 aromatic heterocycles. The van der Waals surface area contributed by atoms with Crippen LogP contribution < -0.4 is 0 Å². The van der Waals surface area contributed by atoms with Crippen molar-refractivity contribution in [3.8, 4) is 0 Å². The molecule has 0 rings (SSSR count). The van der Waals surface area contributed by atoms with Crippen molar-refractivity contribution in [1.82, 2.24) is 0 Å². The molecule has 0 saturated heterocycles. The third-order valence-corrected chi connectivity index (χ3v) is 0. The normalized spacial score (nSPS) is 3.86. The molecule has 0 saturated carbocycles. The van der Waals surface area contributed by atoms with Gasteiger partial charge in [0.1, 0.15) is 0 Å². The van der Waals surface area contributed by atoms with Gasteiger partial charge in [-0.25, -0.2) is 0 Å². The minimum absolute atomic E-state index is 0. The van der Waals surface area contributed by atoms with Crippen molar-refractivity contribution < 1.29 is 53.3 Å². The molecule has 0 unspecified atom stereocenters. The Bertz CT molecular complexity index is 16.4. The number of hydrogen-bond acceptors (Lipinski definition) is 3. The molecule has 7 heavy (non-hydrogen) atoms. The van der Waals surface area contributed by atoms with Gasteiger partial charge in [-0.05, 0) is 0 Å². The van der Waals surface area contributed by atoms with Gasteiger partial charge in [0, 0.05) is 32.7 Å². The molecular weight excluding hydrogens is 204 g/mol. The Hall–Kier alpha value is 2.27. The van der Waals surface area contributed by atoms with Crippen molar-refractivity contribution in [2.45, 2.75) is 0 Å². The van der Waals surface area contributed by atoms with E-state index in [4.69, 9.17) is 15.1 Å². The largest absolute Gasteiger partial charge is 0 e. The average Bonchev–Trinajstić information content (AvgIpc) is 0.811. The monoisotopic (exact) mass is 211 g/mol. The van der Waals surface area contributed by atoms with Crippen LogP contribution in [0.15, 0.2) is 0 Å². The molecule has 1 radical (unpaired) electrons. The quantitative estimate of drug-likeness (QED) is 0.359. The van der Waals surface area contributed by atoms with Crippen LogP contribution in [0.5, 0.6) is 0 Å². The summed E-state index contributed by atoms with van der Waals surface area (Å²) in [7, 11) is -2.17. The second kappa shape index (κ2) is 15.7. The topological polar surface area (TPSA) is 92.2 Å². The van der Waals surface area contributed by atoms with E-state index in [1.165, 1.54) is 0 Å². The first-order valence-corrected chi connectivity index (χ1v) is 0.775. The van der Waals surface area contributed by atoms with Crippen molar-refractivity contribution in [3.05, 3.63) is 0 Å². The Kier molecular flexibility index (Phi) is 51.3. The molecule has 0 aromatic carbocycles. The molecule has 0 amide bonds. The molecule has 0 heterocycles. The number of hydrogen-bond donors (Lipinski definition) is 3. The Balaban J connectivity index is -0.0000000150. The molecule has 0 aliphatic heterocycles. The average molecular weight is 211 g/mol. The summed E-state index contributed by atoms with van der Waals surface area (Å²) < 4.78 is 0. The van der Waals surface area contributed by atoms with E-state index >= 15 is 0 Å². The van der Waals surface area contributed by atoms with Crippen LogP contribution in [0.3, 0.4) is 0 Å². The zero-order valence-corrected chi connectivity index (χ0v) is 5.83. The molecule has 0 aliphatic rings. The molecule has 4 nitrogen and oxygen atoms in total. The van der Waals surface area contributed by atoms with E-state index in [0.717, 1.165) is 0 Å². The maximum Gasteiger partial charge on any atom is 0 e. The zero-order chi connectivity index (χ0) is 3.58. The van der Waals surface area contributed by atoms with Gasteiger partial charge in [0.2, 0.25) is 0 Å². The fraction of sp³-hybridized carbons (Fsp3) is 0. The van der Waals surface area contributed by atoms with Gasteiger partial charge in [-0.1, -0.05) is 0 Å². The van der Waals surface area contributed by atoms with Crippen LogP contribution in [0.2, 0.25) is 0 Å². The summed E-state index contributed by atoms with van der Waals surface area (Å²) in [4.78, 5) is 0. The van der Waals surface area contributed by atoms with Crippen molar-refractivity contribution in [1.29, 1.82) is 0 Å². The summed E-state index contributed by atoms with van der Waals surface area (Å²) >= 11 is 0. The fourth-order valence-electron chi connectivity index (χ4n) is 0. The summed E-state index contributed by atoms with van der Waals surface area (Å²) in [6.07, 6.45) is 0. The summed E-state index contributed by atoms with van der Waals surface area (Å²) in [5, 5.41) is 21.5. The second-order valence-corrected chi connectivity index (χ2v) is 0.346. The first-order valence-electron chi connectivity index (χ1n) is 0.775. The van der Waals surface area contributed by atoms with Crippen LogP contribution in [0.4, 0.5) is 0 Å². The summed E-state index contributed by atoms with van der Waals surface area (Å²) in [6, 6.07) is 0. The van der Waals surface area contributed by atoms with Gasteiger partial charge in [0.15, 0.2) is 0 Å². The number of rotatable bonds is 0. The summed E-state index contributed by atoms with van der Waals surface area (Å²) in [6.45, 7) is 0. The Labute approximate surface area is 96.7 Å². The Morgan fingerprint density at radius 2 is 1.00 bits per heavy atom. The van der Waals surface area contributed by atoms with E-state index in [-0.39, 0.29) is 75.9 Å². The minimum atomic E-state index is -2.17. The predicted octanol–water partition coefficient (Wildman–Crippen LogP) is -3.80. The van der Waals surface area contributed by atoms with Crippen LogP contribution in [0.1, 0.15) is 0 Å². The predicted molar refractivity (Wildman–Crippen MR) is 24.6 cm³/mol. The smallest absolute Gasteiger partial charge is 0 e. The molecule has 0 spiro atoms. The van der Waals surface area contributed by atoms with Gasteiger partial charge in [0.25, 0.3) is 0 Å². The maximum atomic E-state index is 7.17. The van der Waals surface area contributed by atoms with Gasteiger partial charge in [0.05, 0.1) is 0 Å². The van der Waals surface area contributed by atoms with Gasteiger partial charge in [-0.15, -0.1) is 0 Å². The van der Waals surface area contributed by atoms with Gasteiger partial charge in [-0.2, -0.15) is 0 Å². The Morgan fingerprint density at radius 3 is 1.00 bits per heavy atom. The molecule has 7 heteroatoms. The van der Waals surface area contributed by atoms with E-state index in [0.29, 0.717) is 0 Å². The first kappa shape index (κ1) is 22.8. The van der Waals surface area contributed by atoms with E-state index in [1.54, 1.807) is 0 Å². The van der Waals surface area contributed by atoms with Crippen molar-refractivity contribution in [2.24, 2.45) is 0 Å². The summed E-state index contributed by atoms with van der Waals surface area (Å²) in [5.41, 5.74) is 0.